The fraction of sp³-hybridized carbons (Fsp3) is 0.900. The van der Waals surface area contributed by atoms with Gasteiger partial charge in [0.2, 0.25) is 0 Å². The third-order valence-electron chi connectivity index (χ3n) is 1.76. The van der Waals surface area contributed by atoms with Crippen molar-refractivity contribution in [1.82, 2.24) is 0 Å². The summed E-state index contributed by atoms with van der Waals surface area (Å²) in [6.45, 7) is 7.20. The molecule has 0 saturated carbocycles. The van der Waals surface area contributed by atoms with Gasteiger partial charge in [0.15, 0.2) is 0 Å². The van der Waals surface area contributed by atoms with Crippen molar-refractivity contribution in [3.63, 3.8) is 0 Å². The second kappa shape index (κ2) is 7.07. The van der Waals surface area contributed by atoms with Crippen LogP contribution in [0, 0.1) is 5.41 Å². The first-order valence-electron chi connectivity index (χ1n) is 4.85. The highest BCUT2D eigenvalue weighted by atomic mass is 35.5. The van der Waals surface area contributed by atoms with Crippen molar-refractivity contribution >= 4 is 17.6 Å². The van der Waals surface area contributed by atoms with E-state index >= 15 is 0 Å². The quantitative estimate of drug-likeness (QED) is 0.377. The van der Waals surface area contributed by atoms with E-state index in [-0.39, 0.29) is 11.8 Å². The minimum absolute atomic E-state index is 0.246. The number of rotatable bonds is 7. The van der Waals surface area contributed by atoms with E-state index in [1.54, 1.807) is 13.8 Å². The monoisotopic (exact) mass is 222 g/mol. The van der Waals surface area contributed by atoms with Crippen molar-refractivity contribution in [2.75, 3.05) is 25.7 Å². The van der Waals surface area contributed by atoms with Gasteiger partial charge in [-0.3, -0.25) is 4.79 Å². The normalized spacial score (nSPS) is 11.4. The molecule has 0 bridgehead atoms. The number of halogens is 1. The number of carbonyl (C=O) groups excluding carboxylic acids is 1. The third-order valence-corrected chi connectivity index (χ3v) is 2.43. The van der Waals surface area contributed by atoms with Gasteiger partial charge in [0.1, 0.15) is 0 Å². The summed E-state index contributed by atoms with van der Waals surface area (Å²) in [5.41, 5.74) is -0.590. The molecule has 84 valence electrons. The first-order valence-corrected chi connectivity index (χ1v) is 5.39. The lowest BCUT2D eigenvalue weighted by Crippen LogP contribution is -2.28. The Labute approximate surface area is 90.7 Å². The van der Waals surface area contributed by atoms with Gasteiger partial charge in [0, 0.05) is 25.5 Å². The summed E-state index contributed by atoms with van der Waals surface area (Å²) in [7, 11) is 0. The van der Waals surface area contributed by atoms with Crippen molar-refractivity contribution in [2.45, 2.75) is 27.2 Å². The maximum absolute atomic E-state index is 11.4. The number of carbonyl (C=O) groups is 1. The van der Waals surface area contributed by atoms with Gasteiger partial charge in [-0.1, -0.05) is 0 Å². The Morgan fingerprint density at radius 1 is 1.36 bits per heavy atom. The average molecular weight is 223 g/mol. The molecule has 0 aromatic rings. The minimum Gasteiger partial charge on any atom is -0.465 e. The minimum atomic E-state index is -0.590. The molecule has 0 heterocycles. The molecular weight excluding hydrogens is 204 g/mol. The number of ether oxygens (including phenoxy) is 2. The van der Waals surface area contributed by atoms with Crippen LogP contribution in [0.2, 0.25) is 0 Å². The van der Waals surface area contributed by atoms with Crippen molar-refractivity contribution < 1.29 is 14.3 Å². The highest BCUT2D eigenvalue weighted by Crippen LogP contribution is 2.18. The molecule has 0 amide bonds. The Balaban J connectivity index is 3.54. The zero-order chi connectivity index (χ0) is 11.0. The third kappa shape index (κ3) is 5.45. The van der Waals surface area contributed by atoms with Crippen LogP contribution in [0.4, 0.5) is 0 Å². The molecule has 3 nitrogen and oxygen atoms in total. The first kappa shape index (κ1) is 13.7. The van der Waals surface area contributed by atoms with E-state index in [9.17, 15) is 4.79 Å². The Bertz CT molecular complexity index is 169. The summed E-state index contributed by atoms with van der Waals surface area (Å²) in [6, 6.07) is 0. The molecule has 0 aromatic carbocycles. The molecule has 0 unspecified atom stereocenters. The van der Waals surface area contributed by atoms with Crippen LogP contribution in [0.25, 0.3) is 0 Å². The number of hydrogen-bond donors (Lipinski definition) is 0. The van der Waals surface area contributed by atoms with E-state index in [4.69, 9.17) is 21.1 Å². The van der Waals surface area contributed by atoms with Gasteiger partial charge in [-0.15, -0.1) is 11.6 Å². The molecule has 0 aromatic heterocycles. The summed E-state index contributed by atoms with van der Waals surface area (Å²) in [5, 5.41) is 0. The number of esters is 1. The van der Waals surface area contributed by atoms with Crippen LogP contribution < -0.4 is 0 Å². The zero-order valence-electron chi connectivity index (χ0n) is 9.14. The molecular formula is C10H19ClO3. The molecule has 0 saturated heterocycles. The predicted octanol–water partition coefficient (Wildman–Crippen LogP) is 2.22. The molecule has 0 fully saturated rings. The lowest BCUT2D eigenvalue weighted by Gasteiger charge is -2.18. The van der Waals surface area contributed by atoms with Gasteiger partial charge in [-0.2, -0.15) is 0 Å². The highest BCUT2D eigenvalue weighted by Gasteiger charge is 2.27. The zero-order valence-corrected chi connectivity index (χ0v) is 9.89. The standard InChI is InChI=1S/C10H19ClO3/c1-4-13-6-5-7-14-9(12)10(2,3)8-11/h4-8H2,1-3H3. The topological polar surface area (TPSA) is 35.5 Å². The number of alkyl halides is 1. The molecule has 0 rings (SSSR count). The van der Waals surface area contributed by atoms with Crippen LogP contribution in [0.15, 0.2) is 0 Å². The van der Waals surface area contributed by atoms with Crippen LogP contribution in [0.5, 0.6) is 0 Å². The van der Waals surface area contributed by atoms with E-state index in [0.717, 1.165) is 6.42 Å². The number of hydrogen-bond acceptors (Lipinski definition) is 3. The summed E-state index contributed by atoms with van der Waals surface area (Å²) in [4.78, 5) is 11.4. The molecule has 0 aliphatic carbocycles. The van der Waals surface area contributed by atoms with E-state index < -0.39 is 5.41 Å². The van der Waals surface area contributed by atoms with Crippen LogP contribution in [0.3, 0.4) is 0 Å². The van der Waals surface area contributed by atoms with Crippen LogP contribution in [0.1, 0.15) is 27.2 Å². The molecule has 0 atom stereocenters. The fourth-order valence-electron chi connectivity index (χ4n) is 0.720. The van der Waals surface area contributed by atoms with E-state index in [2.05, 4.69) is 0 Å². The molecule has 0 aliphatic heterocycles. The van der Waals surface area contributed by atoms with E-state index in [1.807, 2.05) is 6.92 Å². The summed E-state index contributed by atoms with van der Waals surface area (Å²) in [6.07, 6.45) is 0.734. The van der Waals surface area contributed by atoms with E-state index in [0.29, 0.717) is 19.8 Å². The van der Waals surface area contributed by atoms with Crippen LogP contribution in [-0.2, 0) is 14.3 Å². The van der Waals surface area contributed by atoms with Crippen LogP contribution in [-0.4, -0.2) is 31.7 Å². The van der Waals surface area contributed by atoms with Gasteiger partial charge in [-0.05, 0) is 20.8 Å². The molecule has 4 heteroatoms. The molecule has 0 aliphatic rings. The Hall–Kier alpha value is -0.280. The summed E-state index contributed by atoms with van der Waals surface area (Å²) < 4.78 is 10.2. The molecule has 0 N–H and O–H groups in total. The van der Waals surface area contributed by atoms with Crippen molar-refractivity contribution in [3.05, 3.63) is 0 Å². The van der Waals surface area contributed by atoms with Gasteiger partial charge in [-0.25, -0.2) is 0 Å². The SMILES string of the molecule is CCOCCCOC(=O)C(C)(C)CCl. The van der Waals surface area contributed by atoms with E-state index in [1.165, 1.54) is 0 Å². The average Bonchev–Trinajstić information content (AvgIpc) is 2.17. The lowest BCUT2D eigenvalue weighted by atomic mass is 9.97. The van der Waals surface area contributed by atoms with Crippen LogP contribution >= 0.6 is 11.6 Å². The van der Waals surface area contributed by atoms with Gasteiger partial charge in [0.05, 0.1) is 12.0 Å². The lowest BCUT2D eigenvalue weighted by molar-refractivity contribution is -0.153. The second-order valence-corrected chi connectivity index (χ2v) is 3.97. The maximum Gasteiger partial charge on any atom is 0.312 e. The first-order chi connectivity index (χ1) is 6.54. The Kier molecular flexibility index (Phi) is 6.93. The highest BCUT2D eigenvalue weighted by molar-refractivity contribution is 6.19. The smallest absolute Gasteiger partial charge is 0.312 e. The summed E-state index contributed by atoms with van der Waals surface area (Å²) in [5.74, 6) is 0.0288. The van der Waals surface area contributed by atoms with Crippen molar-refractivity contribution in [3.8, 4) is 0 Å². The molecule has 0 radical (unpaired) electrons. The summed E-state index contributed by atoms with van der Waals surface area (Å²) >= 11 is 5.63. The second-order valence-electron chi connectivity index (χ2n) is 3.70. The maximum atomic E-state index is 11.4. The molecule has 14 heavy (non-hydrogen) atoms. The van der Waals surface area contributed by atoms with Gasteiger partial charge in [0.25, 0.3) is 0 Å². The Morgan fingerprint density at radius 3 is 2.50 bits per heavy atom. The fourth-order valence-corrected chi connectivity index (χ4v) is 0.829. The predicted molar refractivity (Wildman–Crippen MR) is 56.6 cm³/mol. The largest absolute Gasteiger partial charge is 0.465 e. The Morgan fingerprint density at radius 2 is 2.00 bits per heavy atom. The molecule has 0 spiro atoms. The van der Waals surface area contributed by atoms with Gasteiger partial charge < -0.3 is 9.47 Å². The van der Waals surface area contributed by atoms with Crippen molar-refractivity contribution in [2.24, 2.45) is 5.41 Å². The van der Waals surface area contributed by atoms with Gasteiger partial charge >= 0.3 is 5.97 Å². The van der Waals surface area contributed by atoms with Crippen molar-refractivity contribution in [1.29, 1.82) is 0 Å².